The summed E-state index contributed by atoms with van der Waals surface area (Å²) in [5.41, 5.74) is 2.56. The third-order valence-electron chi connectivity index (χ3n) is 4.37. The number of aliphatic hydroxyl groups excluding tert-OH is 1. The van der Waals surface area contributed by atoms with Gasteiger partial charge in [0.25, 0.3) is 0 Å². The van der Waals surface area contributed by atoms with Crippen molar-refractivity contribution in [2.24, 2.45) is 5.92 Å². The van der Waals surface area contributed by atoms with Crippen LogP contribution in [0.5, 0.6) is 11.5 Å². The molecule has 4 rings (SSSR count). The van der Waals surface area contributed by atoms with Gasteiger partial charge in [0, 0.05) is 5.56 Å². The highest BCUT2D eigenvalue weighted by atomic mass is 16.7. The Morgan fingerprint density at radius 1 is 1.20 bits per heavy atom. The molecule has 0 spiro atoms. The summed E-state index contributed by atoms with van der Waals surface area (Å²) in [6, 6.07) is 9.50. The lowest BCUT2D eigenvalue weighted by molar-refractivity contribution is 0.174. The highest BCUT2D eigenvalue weighted by Crippen LogP contribution is 2.35. The van der Waals surface area contributed by atoms with Gasteiger partial charge in [-0.2, -0.15) is 0 Å². The number of benzene rings is 1. The fourth-order valence-electron chi connectivity index (χ4n) is 2.82. The van der Waals surface area contributed by atoms with Crippen molar-refractivity contribution >= 4 is 11.5 Å². The molecule has 0 amide bonds. The van der Waals surface area contributed by atoms with E-state index in [0.29, 0.717) is 11.7 Å². The molecule has 0 radical (unpaired) electrons. The van der Waals surface area contributed by atoms with Crippen molar-refractivity contribution in [1.29, 1.82) is 0 Å². The Hall–Kier alpha value is -2.80. The fourth-order valence-corrected chi connectivity index (χ4v) is 2.82. The first kappa shape index (κ1) is 15.7. The van der Waals surface area contributed by atoms with Crippen LogP contribution >= 0.6 is 0 Å². The summed E-state index contributed by atoms with van der Waals surface area (Å²) in [7, 11) is 0. The van der Waals surface area contributed by atoms with Crippen LogP contribution in [0.2, 0.25) is 0 Å². The molecule has 2 N–H and O–H groups in total. The summed E-state index contributed by atoms with van der Waals surface area (Å²) < 4.78 is 12.6. The van der Waals surface area contributed by atoms with Crippen LogP contribution in [-0.4, -0.2) is 39.1 Å². The van der Waals surface area contributed by atoms with Crippen LogP contribution in [0.25, 0.3) is 16.9 Å². The molecular formula is C18H20N4O3. The molecule has 0 saturated carbocycles. The van der Waals surface area contributed by atoms with Crippen molar-refractivity contribution in [3.63, 3.8) is 0 Å². The van der Waals surface area contributed by atoms with E-state index in [2.05, 4.69) is 29.2 Å². The van der Waals surface area contributed by atoms with Crippen LogP contribution in [0.1, 0.15) is 13.8 Å². The first-order chi connectivity index (χ1) is 12.2. The predicted octanol–water partition coefficient (Wildman–Crippen LogP) is 2.55. The Kier molecular flexibility index (Phi) is 3.93. The smallest absolute Gasteiger partial charge is 0.231 e. The summed E-state index contributed by atoms with van der Waals surface area (Å²) in [5.74, 6) is 2.45. The molecule has 1 aliphatic rings. The SMILES string of the molecule is CC(C)[C@@H](CO)Nc1ccc2ncc(-c3ccc4c(c3)OCO4)n2n1. The molecule has 0 aliphatic carbocycles. The molecule has 1 atom stereocenters. The van der Waals surface area contributed by atoms with Crippen LogP contribution in [0.3, 0.4) is 0 Å². The van der Waals surface area contributed by atoms with Gasteiger partial charge < -0.3 is 19.9 Å². The second-order valence-corrected chi connectivity index (χ2v) is 6.38. The normalized spacial score (nSPS) is 14.2. The lowest BCUT2D eigenvalue weighted by atomic mass is 10.1. The lowest BCUT2D eigenvalue weighted by Crippen LogP contribution is -2.30. The first-order valence-corrected chi connectivity index (χ1v) is 8.28. The maximum atomic E-state index is 9.52. The summed E-state index contributed by atoms with van der Waals surface area (Å²) in [4.78, 5) is 4.42. The molecule has 2 aromatic heterocycles. The Labute approximate surface area is 145 Å². The fraction of sp³-hybridized carbons (Fsp3) is 0.333. The van der Waals surface area contributed by atoms with Crippen LogP contribution in [0.15, 0.2) is 36.5 Å². The number of imidazole rings is 1. The Bertz CT molecular complexity index is 906. The van der Waals surface area contributed by atoms with Gasteiger partial charge in [0.1, 0.15) is 5.82 Å². The van der Waals surface area contributed by atoms with Crippen LogP contribution in [0.4, 0.5) is 5.82 Å². The van der Waals surface area contributed by atoms with E-state index in [9.17, 15) is 5.11 Å². The monoisotopic (exact) mass is 340 g/mol. The molecule has 1 aliphatic heterocycles. The van der Waals surface area contributed by atoms with Crippen LogP contribution in [0, 0.1) is 5.92 Å². The molecule has 3 heterocycles. The minimum absolute atomic E-state index is 0.0519. The summed E-state index contributed by atoms with van der Waals surface area (Å²) >= 11 is 0. The molecule has 25 heavy (non-hydrogen) atoms. The maximum absolute atomic E-state index is 9.52. The van der Waals surface area contributed by atoms with E-state index in [0.717, 1.165) is 28.4 Å². The zero-order chi connectivity index (χ0) is 17.4. The van der Waals surface area contributed by atoms with Crippen LogP contribution in [-0.2, 0) is 0 Å². The average Bonchev–Trinajstić information content (AvgIpc) is 3.24. The third kappa shape index (κ3) is 2.87. The molecule has 130 valence electrons. The quantitative estimate of drug-likeness (QED) is 0.743. The van der Waals surface area contributed by atoms with Crippen molar-refractivity contribution < 1.29 is 14.6 Å². The third-order valence-corrected chi connectivity index (χ3v) is 4.37. The molecule has 7 heteroatoms. The first-order valence-electron chi connectivity index (χ1n) is 8.28. The van der Waals surface area contributed by atoms with E-state index in [1.54, 1.807) is 10.7 Å². The number of nitrogens with zero attached hydrogens (tertiary/aromatic N) is 3. The van der Waals surface area contributed by atoms with E-state index in [-0.39, 0.29) is 19.4 Å². The number of hydrogen-bond donors (Lipinski definition) is 2. The molecule has 3 aromatic rings. The van der Waals surface area contributed by atoms with Crippen molar-refractivity contribution in [3.05, 3.63) is 36.5 Å². The van der Waals surface area contributed by atoms with Gasteiger partial charge in [-0.25, -0.2) is 9.50 Å². The maximum Gasteiger partial charge on any atom is 0.231 e. The van der Waals surface area contributed by atoms with E-state index in [1.165, 1.54) is 0 Å². The summed E-state index contributed by atoms with van der Waals surface area (Å²) in [6.45, 7) is 4.41. The number of nitrogens with one attached hydrogen (secondary N) is 1. The van der Waals surface area contributed by atoms with Gasteiger partial charge in [0.15, 0.2) is 17.1 Å². The van der Waals surface area contributed by atoms with E-state index in [1.807, 2.05) is 30.3 Å². The van der Waals surface area contributed by atoms with Crippen molar-refractivity contribution in [2.45, 2.75) is 19.9 Å². The summed E-state index contributed by atoms with van der Waals surface area (Å²) in [6.07, 6.45) is 1.79. The highest BCUT2D eigenvalue weighted by molar-refractivity contribution is 5.67. The predicted molar refractivity (Wildman–Crippen MR) is 93.9 cm³/mol. The second kappa shape index (κ2) is 6.25. The standard InChI is InChI=1S/C18H20N4O3/c1-11(2)13(9-23)20-17-5-6-18-19-8-14(22(18)21-17)12-3-4-15-16(7-12)25-10-24-15/h3-8,11,13,23H,9-10H2,1-2H3,(H,20,21)/t13-/m1/s1. The molecule has 0 saturated heterocycles. The number of fused-ring (bicyclic) bond motifs is 2. The van der Waals surface area contributed by atoms with Gasteiger partial charge >= 0.3 is 0 Å². The number of aliphatic hydroxyl groups is 1. The minimum Gasteiger partial charge on any atom is -0.454 e. The molecule has 0 unspecified atom stereocenters. The topological polar surface area (TPSA) is 80.9 Å². The van der Waals surface area contributed by atoms with Gasteiger partial charge in [0.05, 0.1) is 24.5 Å². The number of anilines is 1. The van der Waals surface area contributed by atoms with Crippen LogP contribution < -0.4 is 14.8 Å². The van der Waals surface area contributed by atoms with Gasteiger partial charge in [0.2, 0.25) is 6.79 Å². The van der Waals surface area contributed by atoms with E-state index < -0.39 is 0 Å². The zero-order valence-electron chi connectivity index (χ0n) is 14.1. The molecule has 0 bridgehead atoms. The Morgan fingerprint density at radius 3 is 2.84 bits per heavy atom. The second-order valence-electron chi connectivity index (χ2n) is 6.38. The number of hydrogen-bond acceptors (Lipinski definition) is 6. The number of aromatic nitrogens is 3. The average molecular weight is 340 g/mol. The lowest BCUT2D eigenvalue weighted by Gasteiger charge is -2.20. The van der Waals surface area contributed by atoms with Crippen molar-refractivity contribution in [1.82, 2.24) is 14.6 Å². The highest BCUT2D eigenvalue weighted by Gasteiger charge is 2.17. The van der Waals surface area contributed by atoms with Gasteiger partial charge in [-0.15, -0.1) is 5.10 Å². The molecule has 7 nitrogen and oxygen atoms in total. The van der Waals surface area contributed by atoms with Gasteiger partial charge in [-0.3, -0.25) is 0 Å². The van der Waals surface area contributed by atoms with Crippen molar-refractivity contribution in [2.75, 3.05) is 18.7 Å². The largest absolute Gasteiger partial charge is 0.454 e. The Balaban J connectivity index is 1.71. The minimum atomic E-state index is -0.0533. The molecule has 0 fully saturated rings. The zero-order valence-corrected chi connectivity index (χ0v) is 14.1. The molecule has 1 aromatic carbocycles. The van der Waals surface area contributed by atoms with E-state index >= 15 is 0 Å². The number of rotatable bonds is 5. The van der Waals surface area contributed by atoms with Crippen molar-refractivity contribution in [3.8, 4) is 22.8 Å². The Morgan fingerprint density at radius 2 is 2.04 bits per heavy atom. The molecular weight excluding hydrogens is 320 g/mol. The number of ether oxygens (including phenoxy) is 2. The van der Waals surface area contributed by atoms with Gasteiger partial charge in [-0.05, 0) is 36.2 Å². The van der Waals surface area contributed by atoms with Gasteiger partial charge in [-0.1, -0.05) is 13.8 Å². The summed E-state index contributed by atoms with van der Waals surface area (Å²) in [5, 5.41) is 17.4. The van der Waals surface area contributed by atoms with E-state index in [4.69, 9.17) is 9.47 Å².